The van der Waals surface area contributed by atoms with Crippen molar-refractivity contribution in [3.63, 3.8) is 0 Å². The number of hydrogen-bond acceptors (Lipinski definition) is 3. The number of amides is 1. The second kappa shape index (κ2) is 7.66. The fourth-order valence-corrected chi connectivity index (χ4v) is 4.25. The summed E-state index contributed by atoms with van der Waals surface area (Å²) in [5.41, 5.74) is 2.45. The zero-order chi connectivity index (χ0) is 19.7. The van der Waals surface area contributed by atoms with E-state index >= 15 is 0 Å². The Kier molecular flexibility index (Phi) is 5.07. The summed E-state index contributed by atoms with van der Waals surface area (Å²) < 4.78 is 5.72. The van der Waals surface area contributed by atoms with E-state index in [0.29, 0.717) is 31.2 Å². The first-order chi connectivity index (χ1) is 13.6. The Labute approximate surface area is 164 Å². The number of rotatable bonds is 6. The van der Waals surface area contributed by atoms with Crippen LogP contribution in [0.5, 0.6) is 5.75 Å². The van der Waals surface area contributed by atoms with E-state index in [9.17, 15) is 14.7 Å². The van der Waals surface area contributed by atoms with Gasteiger partial charge in [-0.15, -0.1) is 0 Å². The van der Waals surface area contributed by atoms with E-state index in [1.807, 2.05) is 49.4 Å². The SMILES string of the molecule is CCOc1ccccc1-c1cccc(C(=O)N2C[C@H](C(=O)O)[C@@H](C3CC3)C2)c1. The minimum absolute atomic E-state index is 0.0864. The summed E-state index contributed by atoms with van der Waals surface area (Å²) >= 11 is 0. The molecule has 0 spiro atoms. The van der Waals surface area contributed by atoms with Crippen LogP contribution in [0.3, 0.4) is 0 Å². The topological polar surface area (TPSA) is 66.8 Å². The average molecular weight is 379 g/mol. The third-order valence-electron chi connectivity index (χ3n) is 5.80. The standard InChI is InChI=1S/C23H25NO4/c1-2-28-21-9-4-3-8-18(21)16-6-5-7-17(12-16)22(25)24-13-19(15-10-11-15)20(14-24)23(26)27/h3-9,12,15,19-20H,2,10-11,13-14H2,1H3,(H,26,27)/t19-,20+/m1/s1. The van der Waals surface area contributed by atoms with Crippen molar-refractivity contribution in [1.82, 2.24) is 4.90 Å². The highest BCUT2D eigenvalue weighted by molar-refractivity contribution is 5.96. The van der Waals surface area contributed by atoms with E-state index in [4.69, 9.17) is 4.74 Å². The summed E-state index contributed by atoms with van der Waals surface area (Å²) in [6, 6.07) is 15.3. The van der Waals surface area contributed by atoms with Crippen molar-refractivity contribution < 1.29 is 19.4 Å². The molecule has 1 N–H and O–H groups in total. The van der Waals surface area contributed by atoms with Gasteiger partial charge in [-0.2, -0.15) is 0 Å². The predicted molar refractivity (Wildman–Crippen MR) is 106 cm³/mol. The second-order valence-corrected chi connectivity index (χ2v) is 7.67. The van der Waals surface area contributed by atoms with Gasteiger partial charge in [-0.3, -0.25) is 9.59 Å². The number of aliphatic carboxylic acids is 1. The molecule has 28 heavy (non-hydrogen) atoms. The number of carbonyl (C=O) groups excluding carboxylic acids is 1. The number of ether oxygens (including phenoxy) is 1. The van der Waals surface area contributed by atoms with Gasteiger partial charge in [0.15, 0.2) is 0 Å². The molecule has 1 aliphatic heterocycles. The molecule has 1 saturated carbocycles. The van der Waals surface area contributed by atoms with Crippen molar-refractivity contribution >= 4 is 11.9 Å². The van der Waals surface area contributed by atoms with Crippen molar-refractivity contribution in [1.29, 1.82) is 0 Å². The van der Waals surface area contributed by atoms with Crippen LogP contribution in [0.4, 0.5) is 0 Å². The first-order valence-corrected chi connectivity index (χ1v) is 9.92. The highest BCUT2D eigenvalue weighted by Crippen LogP contribution is 2.44. The maximum atomic E-state index is 13.1. The Morgan fingerprint density at radius 3 is 2.61 bits per heavy atom. The van der Waals surface area contributed by atoms with E-state index in [1.54, 1.807) is 11.0 Å². The first kappa shape index (κ1) is 18.5. The maximum Gasteiger partial charge on any atom is 0.308 e. The minimum atomic E-state index is -0.786. The van der Waals surface area contributed by atoms with Crippen molar-refractivity contribution in [3.05, 3.63) is 54.1 Å². The van der Waals surface area contributed by atoms with E-state index in [2.05, 4.69) is 0 Å². The molecule has 0 aromatic heterocycles. The lowest BCUT2D eigenvalue weighted by Gasteiger charge is -2.17. The van der Waals surface area contributed by atoms with Gasteiger partial charge in [0, 0.05) is 24.2 Å². The zero-order valence-electron chi connectivity index (χ0n) is 16.0. The van der Waals surface area contributed by atoms with Crippen LogP contribution in [-0.4, -0.2) is 41.6 Å². The number of hydrogen-bond donors (Lipinski definition) is 1. The third kappa shape index (κ3) is 3.61. The average Bonchev–Trinajstić information content (AvgIpc) is 3.46. The number of carbonyl (C=O) groups is 2. The molecule has 0 radical (unpaired) electrons. The molecule has 1 amide bonds. The lowest BCUT2D eigenvalue weighted by Crippen LogP contribution is -2.29. The van der Waals surface area contributed by atoms with Crippen molar-refractivity contribution in [3.8, 4) is 16.9 Å². The Morgan fingerprint density at radius 1 is 1.11 bits per heavy atom. The van der Waals surface area contributed by atoms with Gasteiger partial charge in [-0.1, -0.05) is 30.3 Å². The van der Waals surface area contributed by atoms with Crippen LogP contribution < -0.4 is 4.74 Å². The highest BCUT2D eigenvalue weighted by Gasteiger charge is 2.46. The fourth-order valence-electron chi connectivity index (χ4n) is 4.25. The molecule has 0 bridgehead atoms. The van der Waals surface area contributed by atoms with Crippen LogP contribution in [0, 0.1) is 17.8 Å². The quantitative estimate of drug-likeness (QED) is 0.826. The summed E-state index contributed by atoms with van der Waals surface area (Å²) in [5.74, 6) is 0.0113. The molecular formula is C23H25NO4. The molecule has 5 heteroatoms. The predicted octanol–water partition coefficient (Wildman–Crippen LogP) is 3.94. The molecule has 1 saturated heterocycles. The molecule has 0 unspecified atom stereocenters. The maximum absolute atomic E-state index is 13.1. The Balaban J connectivity index is 1.58. The molecule has 2 atom stereocenters. The lowest BCUT2D eigenvalue weighted by molar-refractivity contribution is -0.142. The first-order valence-electron chi connectivity index (χ1n) is 9.92. The van der Waals surface area contributed by atoms with Crippen molar-refractivity contribution in [2.45, 2.75) is 19.8 Å². The summed E-state index contributed by atoms with van der Waals surface area (Å²) in [7, 11) is 0. The lowest BCUT2D eigenvalue weighted by atomic mass is 9.92. The number of benzene rings is 2. The number of carboxylic acids is 1. The number of para-hydroxylation sites is 1. The smallest absolute Gasteiger partial charge is 0.308 e. The minimum Gasteiger partial charge on any atom is -0.493 e. The summed E-state index contributed by atoms with van der Waals surface area (Å²) in [6.45, 7) is 3.36. The van der Waals surface area contributed by atoms with Crippen LogP contribution in [0.2, 0.25) is 0 Å². The molecule has 2 aromatic carbocycles. The highest BCUT2D eigenvalue weighted by atomic mass is 16.5. The van der Waals surface area contributed by atoms with Crippen LogP contribution in [0.1, 0.15) is 30.1 Å². The second-order valence-electron chi connectivity index (χ2n) is 7.67. The Morgan fingerprint density at radius 2 is 1.89 bits per heavy atom. The van der Waals surface area contributed by atoms with Crippen molar-refractivity contribution in [2.24, 2.45) is 17.8 Å². The Bertz CT molecular complexity index is 890. The van der Waals surface area contributed by atoms with E-state index in [1.165, 1.54) is 0 Å². The summed E-state index contributed by atoms with van der Waals surface area (Å²) in [5, 5.41) is 9.55. The molecule has 146 valence electrons. The van der Waals surface area contributed by atoms with Crippen LogP contribution in [0.15, 0.2) is 48.5 Å². The summed E-state index contributed by atoms with van der Waals surface area (Å²) in [6.07, 6.45) is 2.17. The van der Waals surface area contributed by atoms with Gasteiger partial charge < -0.3 is 14.7 Å². The van der Waals surface area contributed by atoms with Crippen LogP contribution >= 0.6 is 0 Å². The van der Waals surface area contributed by atoms with E-state index in [0.717, 1.165) is 29.7 Å². The van der Waals surface area contributed by atoms with Crippen LogP contribution in [-0.2, 0) is 4.79 Å². The molecule has 5 nitrogen and oxygen atoms in total. The third-order valence-corrected chi connectivity index (χ3v) is 5.80. The molecule has 2 fully saturated rings. The molecule has 2 aliphatic rings. The van der Waals surface area contributed by atoms with Gasteiger partial charge in [0.1, 0.15) is 5.75 Å². The number of carboxylic acid groups (broad SMARTS) is 1. The molecular weight excluding hydrogens is 354 g/mol. The van der Waals surface area contributed by atoms with E-state index < -0.39 is 11.9 Å². The number of nitrogens with zero attached hydrogens (tertiary/aromatic N) is 1. The van der Waals surface area contributed by atoms with Gasteiger partial charge in [-0.05, 0) is 55.4 Å². The largest absolute Gasteiger partial charge is 0.493 e. The van der Waals surface area contributed by atoms with E-state index in [-0.39, 0.29) is 11.8 Å². The van der Waals surface area contributed by atoms with Gasteiger partial charge in [0.2, 0.25) is 0 Å². The molecule has 1 heterocycles. The van der Waals surface area contributed by atoms with Crippen LogP contribution in [0.25, 0.3) is 11.1 Å². The number of likely N-dealkylation sites (tertiary alicyclic amines) is 1. The monoisotopic (exact) mass is 379 g/mol. The Hall–Kier alpha value is -2.82. The zero-order valence-corrected chi connectivity index (χ0v) is 16.0. The van der Waals surface area contributed by atoms with Gasteiger partial charge in [-0.25, -0.2) is 0 Å². The molecule has 4 rings (SSSR count). The normalized spacial score (nSPS) is 21.5. The van der Waals surface area contributed by atoms with Gasteiger partial charge in [0.25, 0.3) is 5.91 Å². The van der Waals surface area contributed by atoms with Gasteiger partial charge >= 0.3 is 5.97 Å². The molecule has 2 aromatic rings. The molecule has 1 aliphatic carbocycles. The van der Waals surface area contributed by atoms with Crippen molar-refractivity contribution in [2.75, 3.05) is 19.7 Å². The summed E-state index contributed by atoms with van der Waals surface area (Å²) in [4.78, 5) is 26.5. The fraction of sp³-hybridized carbons (Fsp3) is 0.391. The van der Waals surface area contributed by atoms with Gasteiger partial charge in [0.05, 0.1) is 12.5 Å².